The molecule has 2 unspecified atom stereocenters. The lowest BCUT2D eigenvalue weighted by atomic mass is 9.97. The summed E-state index contributed by atoms with van der Waals surface area (Å²) >= 11 is 0. The Morgan fingerprint density at radius 3 is 2.94 bits per heavy atom. The molecule has 5 rings (SSSR count). The van der Waals surface area contributed by atoms with E-state index in [9.17, 15) is 4.79 Å². The van der Waals surface area contributed by atoms with Gasteiger partial charge in [-0.2, -0.15) is 5.10 Å². The number of aromatic nitrogens is 6. The number of hydrogen-bond donors (Lipinski definition) is 3. The van der Waals surface area contributed by atoms with Gasteiger partial charge in [-0.3, -0.25) is 9.69 Å². The lowest BCUT2D eigenvalue weighted by molar-refractivity contribution is 0.0832. The van der Waals surface area contributed by atoms with Crippen LogP contribution < -0.4 is 5.56 Å². The third-order valence-electron chi connectivity index (χ3n) is 6.43. The van der Waals surface area contributed by atoms with Gasteiger partial charge in [0, 0.05) is 62.8 Å². The molecule has 2 aliphatic heterocycles. The summed E-state index contributed by atoms with van der Waals surface area (Å²) in [5.74, 6) is 2.95. The summed E-state index contributed by atoms with van der Waals surface area (Å²) in [6.45, 7) is 5.73. The van der Waals surface area contributed by atoms with Crippen molar-refractivity contribution in [2.75, 3.05) is 32.8 Å². The van der Waals surface area contributed by atoms with Gasteiger partial charge in [0.05, 0.1) is 6.20 Å². The first-order chi connectivity index (χ1) is 15.6. The number of aromatic amines is 2. The second-order valence-corrected chi connectivity index (χ2v) is 8.75. The molecule has 10 heteroatoms. The number of imidazole rings is 2. The van der Waals surface area contributed by atoms with Crippen molar-refractivity contribution in [3.63, 3.8) is 0 Å². The smallest absolute Gasteiger partial charge is 0.276 e. The van der Waals surface area contributed by atoms with Crippen molar-refractivity contribution < 1.29 is 4.74 Å². The Kier molecular flexibility index (Phi) is 5.71. The first-order valence-electron chi connectivity index (χ1n) is 11.1. The van der Waals surface area contributed by atoms with Crippen molar-refractivity contribution >= 4 is 17.3 Å². The van der Waals surface area contributed by atoms with Crippen LogP contribution in [0.25, 0.3) is 11.6 Å². The Hall–Kier alpha value is -3.11. The van der Waals surface area contributed by atoms with Crippen LogP contribution in [-0.2, 0) is 4.74 Å². The van der Waals surface area contributed by atoms with E-state index < -0.39 is 0 Å². The summed E-state index contributed by atoms with van der Waals surface area (Å²) in [4.78, 5) is 29.7. The van der Waals surface area contributed by atoms with Crippen LogP contribution in [0, 0.1) is 11.3 Å². The zero-order valence-corrected chi connectivity index (χ0v) is 18.1. The maximum atomic E-state index is 12.8. The highest BCUT2D eigenvalue weighted by Gasteiger charge is 2.33. The predicted molar refractivity (Wildman–Crippen MR) is 120 cm³/mol. The Bertz CT molecular complexity index is 1170. The molecule has 3 aromatic heterocycles. The summed E-state index contributed by atoms with van der Waals surface area (Å²) < 4.78 is 7.22. The van der Waals surface area contributed by atoms with Crippen molar-refractivity contribution in [2.24, 2.45) is 5.92 Å². The Labute approximate surface area is 185 Å². The molecule has 32 heavy (non-hydrogen) atoms. The van der Waals surface area contributed by atoms with Crippen LogP contribution in [0.15, 0.2) is 29.5 Å². The SMILES string of the molecule is CC1CN(CC(=N)/C=C\c2ncc[nH]2)CC1c1nn2c(C3CCOCC3)ncc2c(=O)[nH]1. The molecule has 5 heterocycles. The molecule has 0 aromatic carbocycles. The monoisotopic (exact) mass is 436 g/mol. The summed E-state index contributed by atoms with van der Waals surface area (Å²) in [6.07, 6.45) is 10.4. The van der Waals surface area contributed by atoms with Crippen LogP contribution in [0.5, 0.6) is 0 Å². The van der Waals surface area contributed by atoms with E-state index >= 15 is 0 Å². The zero-order valence-electron chi connectivity index (χ0n) is 18.1. The maximum Gasteiger partial charge on any atom is 0.276 e. The fraction of sp³-hybridized carbons (Fsp3) is 0.500. The first kappa shape index (κ1) is 20.8. The number of likely N-dealkylation sites (tertiary alicyclic amines) is 1. The predicted octanol–water partition coefficient (Wildman–Crippen LogP) is 1.80. The number of rotatable bonds is 6. The molecular formula is C22H28N8O2. The lowest BCUT2D eigenvalue weighted by Crippen LogP contribution is -2.27. The molecule has 0 radical (unpaired) electrons. The van der Waals surface area contributed by atoms with Crippen LogP contribution in [0.4, 0.5) is 0 Å². The molecule has 10 nitrogen and oxygen atoms in total. The Morgan fingerprint density at radius 1 is 1.31 bits per heavy atom. The molecule has 0 saturated carbocycles. The van der Waals surface area contributed by atoms with Gasteiger partial charge in [-0.25, -0.2) is 14.5 Å². The molecule has 2 saturated heterocycles. The van der Waals surface area contributed by atoms with Gasteiger partial charge >= 0.3 is 0 Å². The molecule has 168 valence electrons. The van der Waals surface area contributed by atoms with Gasteiger partial charge in [-0.1, -0.05) is 6.92 Å². The summed E-state index contributed by atoms with van der Waals surface area (Å²) in [5, 5.41) is 13.1. The van der Waals surface area contributed by atoms with Crippen molar-refractivity contribution in [2.45, 2.75) is 31.6 Å². The summed E-state index contributed by atoms with van der Waals surface area (Å²) in [7, 11) is 0. The average Bonchev–Trinajstić information content (AvgIpc) is 3.53. The van der Waals surface area contributed by atoms with Gasteiger partial charge < -0.3 is 20.1 Å². The lowest BCUT2D eigenvalue weighted by Gasteiger charge is -2.21. The third-order valence-corrected chi connectivity index (χ3v) is 6.43. The molecule has 0 spiro atoms. The van der Waals surface area contributed by atoms with Gasteiger partial charge in [0.15, 0.2) is 5.52 Å². The molecule has 0 aliphatic carbocycles. The Balaban J connectivity index is 1.33. The second-order valence-electron chi connectivity index (χ2n) is 8.75. The number of hydrogen-bond acceptors (Lipinski definition) is 7. The van der Waals surface area contributed by atoms with Crippen LogP contribution >= 0.6 is 0 Å². The largest absolute Gasteiger partial charge is 0.381 e. The quantitative estimate of drug-likeness (QED) is 0.506. The van der Waals surface area contributed by atoms with E-state index in [0.717, 1.165) is 37.6 Å². The molecule has 2 aliphatic rings. The Morgan fingerprint density at radius 2 is 2.16 bits per heavy atom. The van der Waals surface area contributed by atoms with E-state index in [-0.39, 0.29) is 17.4 Å². The van der Waals surface area contributed by atoms with Crippen molar-refractivity contribution in [3.05, 3.63) is 52.5 Å². The zero-order chi connectivity index (χ0) is 22.1. The molecule has 0 amide bonds. The molecule has 3 N–H and O–H groups in total. The summed E-state index contributed by atoms with van der Waals surface area (Å²) in [5.41, 5.74) is 0.853. The van der Waals surface area contributed by atoms with E-state index in [1.54, 1.807) is 29.2 Å². The molecule has 2 atom stereocenters. The highest BCUT2D eigenvalue weighted by Crippen LogP contribution is 2.30. The van der Waals surface area contributed by atoms with E-state index in [0.29, 0.717) is 42.7 Å². The minimum Gasteiger partial charge on any atom is -0.381 e. The highest BCUT2D eigenvalue weighted by atomic mass is 16.5. The van der Waals surface area contributed by atoms with Crippen LogP contribution in [0.3, 0.4) is 0 Å². The van der Waals surface area contributed by atoms with E-state index in [4.69, 9.17) is 15.2 Å². The average molecular weight is 437 g/mol. The van der Waals surface area contributed by atoms with Gasteiger partial charge in [-0.05, 0) is 30.9 Å². The van der Waals surface area contributed by atoms with Crippen LogP contribution in [0.2, 0.25) is 0 Å². The van der Waals surface area contributed by atoms with Crippen molar-refractivity contribution in [3.8, 4) is 0 Å². The molecule has 3 aromatic rings. The number of fused-ring (bicyclic) bond motifs is 1. The number of nitrogens with zero attached hydrogens (tertiary/aromatic N) is 5. The minimum atomic E-state index is -0.152. The van der Waals surface area contributed by atoms with Crippen molar-refractivity contribution in [1.82, 2.24) is 34.4 Å². The third kappa shape index (κ3) is 4.15. The van der Waals surface area contributed by atoms with Crippen LogP contribution in [-0.4, -0.2) is 73.0 Å². The minimum absolute atomic E-state index is 0.0962. The van der Waals surface area contributed by atoms with E-state index in [1.165, 1.54) is 0 Å². The fourth-order valence-electron chi connectivity index (χ4n) is 4.73. The first-order valence-corrected chi connectivity index (χ1v) is 11.1. The van der Waals surface area contributed by atoms with Gasteiger partial charge in [-0.15, -0.1) is 0 Å². The molecular weight excluding hydrogens is 408 g/mol. The van der Waals surface area contributed by atoms with Crippen LogP contribution in [0.1, 0.15) is 49.1 Å². The highest BCUT2D eigenvalue weighted by molar-refractivity contribution is 5.97. The van der Waals surface area contributed by atoms with Gasteiger partial charge in [0.2, 0.25) is 0 Å². The maximum absolute atomic E-state index is 12.8. The normalized spacial score (nSPS) is 22.9. The van der Waals surface area contributed by atoms with E-state index in [2.05, 4.69) is 31.8 Å². The number of ether oxygens (including phenoxy) is 1. The number of nitrogens with one attached hydrogen (secondary N) is 3. The number of H-pyrrole nitrogens is 2. The van der Waals surface area contributed by atoms with E-state index in [1.807, 2.05) is 6.08 Å². The summed E-state index contributed by atoms with van der Waals surface area (Å²) in [6, 6.07) is 0. The second kappa shape index (κ2) is 8.79. The standard InChI is InChI=1S/C22H28N8O2/c1-14-11-29(12-16(23)2-3-19-24-6-7-25-19)13-17(14)20-27-22(31)18-10-26-21(30(18)28-20)15-4-8-32-9-5-15/h2-3,6-7,10,14-15,17,23H,4-5,8-9,11-13H2,1H3,(H,24,25)(H,27,28,31)/b3-2-,23-16?. The van der Waals surface area contributed by atoms with Gasteiger partial charge in [0.25, 0.3) is 5.56 Å². The van der Waals surface area contributed by atoms with Crippen molar-refractivity contribution in [1.29, 1.82) is 5.41 Å². The van der Waals surface area contributed by atoms with Gasteiger partial charge in [0.1, 0.15) is 17.5 Å². The molecule has 0 bridgehead atoms. The topological polar surface area (TPSA) is 128 Å². The fourth-order valence-corrected chi connectivity index (χ4v) is 4.73. The molecule has 2 fully saturated rings.